The predicted molar refractivity (Wildman–Crippen MR) is 126 cm³/mol. The molecule has 0 aliphatic carbocycles. The maximum atomic E-state index is 12.4. The molecule has 8 heteroatoms. The van der Waals surface area contributed by atoms with Gasteiger partial charge in [0, 0.05) is 11.6 Å². The molecule has 0 amide bonds. The summed E-state index contributed by atoms with van der Waals surface area (Å²) in [5.41, 5.74) is 0. The molecule has 0 spiro atoms. The van der Waals surface area contributed by atoms with E-state index in [1.165, 1.54) is 11.6 Å². The summed E-state index contributed by atoms with van der Waals surface area (Å²) in [5, 5.41) is 0. The summed E-state index contributed by atoms with van der Waals surface area (Å²) < 4.78 is 46.5. The van der Waals surface area contributed by atoms with E-state index in [2.05, 4.69) is 27.0 Å². The van der Waals surface area contributed by atoms with Gasteiger partial charge in [-0.25, -0.2) is 0 Å². The first kappa shape index (κ1) is 29.8. The molecule has 0 saturated carbocycles. The molecule has 0 saturated heterocycles. The zero-order valence-corrected chi connectivity index (χ0v) is 21.0. The summed E-state index contributed by atoms with van der Waals surface area (Å²) in [6, 6.07) is 0. The minimum Gasteiger partial charge on any atom is -0.306 e. The summed E-state index contributed by atoms with van der Waals surface area (Å²) >= 11 is 0. The van der Waals surface area contributed by atoms with Crippen LogP contribution in [0, 0.1) is 0 Å². The lowest BCUT2D eigenvalue weighted by Crippen LogP contribution is -1.99. The van der Waals surface area contributed by atoms with Crippen LogP contribution in [0.4, 0.5) is 0 Å². The Balaban J connectivity index is 3.81. The van der Waals surface area contributed by atoms with Gasteiger partial charge in [0.05, 0.1) is 26.4 Å². The summed E-state index contributed by atoms with van der Waals surface area (Å²) in [6.45, 7) is 13.0. The second-order valence-electron chi connectivity index (χ2n) is 7.31. The van der Waals surface area contributed by atoms with E-state index in [0.29, 0.717) is 26.4 Å². The van der Waals surface area contributed by atoms with Crippen molar-refractivity contribution in [2.45, 2.75) is 90.9 Å². The first-order valence-electron chi connectivity index (χ1n) is 11.5. The van der Waals surface area contributed by atoms with Gasteiger partial charge in [-0.2, -0.15) is 0 Å². The zero-order chi connectivity index (χ0) is 22.6. The standard InChI is InChI=1S/C22H44O6P2/c1-5-9-11-15-19-25-29(23,7-3)27-21-17-13-14-18-22-28-30(24,8-4)26-20-16-12-10-6-2/h7-8H,3-6,9-22H2,1-2H3. The lowest BCUT2D eigenvalue weighted by Gasteiger charge is -2.15. The second-order valence-corrected chi connectivity index (χ2v) is 11.2. The van der Waals surface area contributed by atoms with Gasteiger partial charge in [0.15, 0.2) is 0 Å². The van der Waals surface area contributed by atoms with Crippen LogP contribution in [-0.2, 0) is 27.2 Å². The van der Waals surface area contributed by atoms with E-state index < -0.39 is 15.2 Å². The van der Waals surface area contributed by atoms with Crippen molar-refractivity contribution in [1.29, 1.82) is 0 Å². The smallest absolute Gasteiger partial charge is 0.306 e. The van der Waals surface area contributed by atoms with Crippen LogP contribution in [0.25, 0.3) is 0 Å². The van der Waals surface area contributed by atoms with Crippen LogP contribution in [0.15, 0.2) is 24.8 Å². The van der Waals surface area contributed by atoms with Crippen molar-refractivity contribution < 1.29 is 27.2 Å². The van der Waals surface area contributed by atoms with Crippen LogP contribution >= 0.6 is 15.2 Å². The molecule has 178 valence electrons. The van der Waals surface area contributed by atoms with Crippen LogP contribution in [0.1, 0.15) is 90.9 Å². The van der Waals surface area contributed by atoms with Gasteiger partial charge in [-0.1, -0.05) is 78.4 Å². The molecule has 0 aliphatic heterocycles. The highest BCUT2D eigenvalue weighted by Gasteiger charge is 2.20. The largest absolute Gasteiger partial charge is 0.353 e. The van der Waals surface area contributed by atoms with Crippen LogP contribution < -0.4 is 0 Å². The quantitative estimate of drug-likeness (QED) is 0.111. The van der Waals surface area contributed by atoms with E-state index in [1.54, 1.807) is 0 Å². The molecule has 6 nitrogen and oxygen atoms in total. The van der Waals surface area contributed by atoms with Gasteiger partial charge in [-0.3, -0.25) is 9.13 Å². The Morgan fingerprint density at radius 3 is 1.03 bits per heavy atom. The first-order valence-corrected chi connectivity index (χ1v) is 14.7. The van der Waals surface area contributed by atoms with Crippen molar-refractivity contribution in [3.63, 3.8) is 0 Å². The Bertz CT molecular complexity index is 478. The summed E-state index contributed by atoms with van der Waals surface area (Å²) in [6.07, 6.45) is 11.8. The molecule has 2 unspecified atom stereocenters. The van der Waals surface area contributed by atoms with Crippen LogP contribution in [0.2, 0.25) is 0 Å². The molecule has 30 heavy (non-hydrogen) atoms. The highest BCUT2D eigenvalue weighted by molar-refractivity contribution is 7.57. The fraction of sp³-hybridized carbons (Fsp3) is 0.818. The Hall–Kier alpha value is -0.220. The highest BCUT2D eigenvalue weighted by Crippen LogP contribution is 2.50. The molecule has 0 aliphatic rings. The van der Waals surface area contributed by atoms with E-state index in [1.807, 2.05) is 0 Å². The van der Waals surface area contributed by atoms with E-state index in [0.717, 1.165) is 77.0 Å². The van der Waals surface area contributed by atoms with E-state index >= 15 is 0 Å². The molecule has 0 N–H and O–H groups in total. The molecule has 0 fully saturated rings. The molecule has 0 aromatic carbocycles. The van der Waals surface area contributed by atoms with Gasteiger partial charge in [0.2, 0.25) is 0 Å². The molecule has 0 bridgehead atoms. The minimum atomic E-state index is -3.18. The van der Waals surface area contributed by atoms with Crippen molar-refractivity contribution >= 4 is 15.2 Å². The number of rotatable bonds is 23. The topological polar surface area (TPSA) is 71.1 Å². The second kappa shape index (κ2) is 19.5. The summed E-state index contributed by atoms with van der Waals surface area (Å²) in [4.78, 5) is 0. The Morgan fingerprint density at radius 1 is 0.533 bits per heavy atom. The summed E-state index contributed by atoms with van der Waals surface area (Å²) in [5.74, 6) is 2.57. The fourth-order valence-electron chi connectivity index (χ4n) is 2.67. The molecule has 0 radical (unpaired) electrons. The molecule has 0 aromatic heterocycles. The highest BCUT2D eigenvalue weighted by atomic mass is 31.2. The third kappa shape index (κ3) is 16.5. The minimum absolute atomic E-state index is 0.366. The first-order chi connectivity index (χ1) is 14.4. The van der Waals surface area contributed by atoms with Crippen LogP contribution in [-0.4, -0.2) is 26.4 Å². The van der Waals surface area contributed by atoms with E-state index in [4.69, 9.17) is 18.1 Å². The normalized spacial score (nSPS) is 15.4. The lowest BCUT2D eigenvalue weighted by molar-refractivity contribution is 0.198. The molecular weight excluding hydrogens is 422 g/mol. The van der Waals surface area contributed by atoms with Crippen LogP contribution in [0.3, 0.4) is 0 Å². The average Bonchev–Trinajstić information content (AvgIpc) is 2.75. The fourth-order valence-corrected chi connectivity index (χ4v) is 4.77. The number of hydrogen-bond acceptors (Lipinski definition) is 6. The van der Waals surface area contributed by atoms with Gasteiger partial charge in [-0.15, -0.1) is 0 Å². The monoisotopic (exact) mass is 466 g/mol. The predicted octanol–water partition coefficient (Wildman–Crippen LogP) is 8.45. The molecular formula is C22H44O6P2. The zero-order valence-electron chi connectivity index (χ0n) is 19.2. The molecule has 2 atom stereocenters. The molecule has 0 rings (SSSR count). The average molecular weight is 467 g/mol. The number of hydrogen-bond donors (Lipinski definition) is 0. The number of unbranched alkanes of at least 4 members (excludes halogenated alkanes) is 9. The van der Waals surface area contributed by atoms with Crippen molar-refractivity contribution in [3.05, 3.63) is 24.8 Å². The van der Waals surface area contributed by atoms with Gasteiger partial charge in [0.1, 0.15) is 0 Å². The van der Waals surface area contributed by atoms with Crippen molar-refractivity contribution in [2.24, 2.45) is 0 Å². The van der Waals surface area contributed by atoms with E-state index in [9.17, 15) is 9.13 Å². The maximum Gasteiger partial charge on any atom is 0.353 e. The molecule has 0 heterocycles. The molecule has 0 aromatic rings. The SMILES string of the molecule is C=CP(=O)(OCCCCCC)OCCCCCCOP(=O)(C=C)OCCCCCC. The van der Waals surface area contributed by atoms with E-state index in [-0.39, 0.29) is 0 Å². The van der Waals surface area contributed by atoms with Crippen LogP contribution in [0.5, 0.6) is 0 Å². The Morgan fingerprint density at radius 2 is 0.800 bits per heavy atom. The van der Waals surface area contributed by atoms with Gasteiger partial charge in [0.25, 0.3) is 0 Å². The summed E-state index contributed by atoms with van der Waals surface area (Å²) in [7, 11) is -6.36. The third-order valence-corrected chi connectivity index (χ3v) is 7.63. The van der Waals surface area contributed by atoms with Gasteiger partial charge in [-0.05, 0) is 25.7 Å². The Kier molecular flexibility index (Phi) is 19.3. The van der Waals surface area contributed by atoms with Crippen molar-refractivity contribution in [3.8, 4) is 0 Å². The van der Waals surface area contributed by atoms with Crippen molar-refractivity contribution in [1.82, 2.24) is 0 Å². The van der Waals surface area contributed by atoms with Gasteiger partial charge < -0.3 is 18.1 Å². The Labute approximate surface area is 184 Å². The third-order valence-electron chi connectivity index (χ3n) is 4.57. The van der Waals surface area contributed by atoms with Crippen molar-refractivity contribution in [2.75, 3.05) is 26.4 Å². The van der Waals surface area contributed by atoms with Gasteiger partial charge >= 0.3 is 15.2 Å². The maximum absolute atomic E-state index is 12.4. The lowest BCUT2D eigenvalue weighted by atomic mass is 10.2.